The molecule has 1 atom stereocenters. The molecule has 0 aliphatic heterocycles. The summed E-state index contributed by atoms with van der Waals surface area (Å²) in [4.78, 5) is 12.2. The molecule has 0 saturated heterocycles. The molecule has 0 spiro atoms. The molecule has 0 saturated carbocycles. The maximum atomic E-state index is 12.2. The van der Waals surface area contributed by atoms with Crippen LogP contribution in [-0.4, -0.2) is 5.78 Å². The summed E-state index contributed by atoms with van der Waals surface area (Å²) < 4.78 is 0. The van der Waals surface area contributed by atoms with Gasteiger partial charge in [0.2, 0.25) is 0 Å². The molecule has 0 aromatic heterocycles. The zero-order valence-electron chi connectivity index (χ0n) is 10.7. The Labute approximate surface area is 113 Å². The monoisotopic (exact) mass is 260 g/mol. The van der Waals surface area contributed by atoms with Crippen LogP contribution in [0.1, 0.15) is 32.3 Å². The Morgan fingerprint density at radius 3 is 2.56 bits per heavy atom. The van der Waals surface area contributed by atoms with Crippen molar-refractivity contribution in [3.63, 3.8) is 0 Å². The summed E-state index contributed by atoms with van der Waals surface area (Å²) in [7, 11) is 0. The number of rotatable bonds is 1. The van der Waals surface area contributed by atoms with Gasteiger partial charge in [-0.05, 0) is 25.3 Å². The molecule has 0 heterocycles. The number of halogens is 1. The van der Waals surface area contributed by atoms with Crippen LogP contribution in [0.5, 0.6) is 0 Å². The second-order valence-electron chi connectivity index (χ2n) is 4.89. The average Bonchev–Trinajstić information content (AvgIpc) is 2.40. The van der Waals surface area contributed by atoms with Gasteiger partial charge in [0.05, 0.1) is 5.03 Å². The quantitative estimate of drug-likeness (QED) is 0.722. The number of allylic oxidation sites excluding steroid dienone is 4. The third-order valence-corrected chi connectivity index (χ3v) is 3.74. The van der Waals surface area contributed by atoms with Crippen LogP contribution in [0.4, 0.5) is 0 Å². The smallest absolute Gasteiger partial charge is 0.177 e. The molecule has 0 amide bonds. The van der Waals surface area contributed by atoms with Gasteiger partial charge in [0.15, 0.2) is 5.78 Å². The van der Waals surface area contributed by atoms with E-state index in [9.17, 15) is 4.79 Å². The van der Waals surface area contributed by atoms with Crippen LogP contribution in [-0.2, 0) is 4.79 Å². The topological polar surface area (TPSA) is 17.1 Å². The first kappa shape index (κ1) is 13.1. The van der Waals surface area contributed by atoms with E-state index in [1.807, 2.05) is 43.3 Å². The van der Waals surface area contributed by atoms with Crippen LogP contribution in [0, 0.1) is 5.92 Å². The molecular formula is C16H17ClO. The first-order chi connectivity index (χ1) is 8.59. The molecule has 1 unspecified atom stereocenters. The second kappa shape index (κ2) is 5.53. The van der Waals surface area contributed by atoms with E-state index in [1.54, 1.807) is 0 Å². The predicted molar refractivity (Wildman–Crippen MR) is 76.4 cm³/mol. The Balaban J connectivity index is 2.55. The molecular weight excluding hydrogens is 244 g/mol. The molecule has 1 aliphatic carbocycles. The van der Waals surface area contributed by atoms with Gasteiger partial charge in [-0.3, -0.25) is 4.79 Å². The van der Waals surface area contributed by atoms with Gasteiger partial charge in [-0.15, -0.1) is 0 Å². The van der Waals surface area contributed by atoms with Crippen molar-refractivity contribution in [3.05, 3.63) is 52.6 Å². The lowest BCUT2D eigenvalue weighted by molar-refractivity contribution is -0.118. The standard InChI is InChI=1S/C16H17ClO/c1-11-8-9-12(2)16(18)15(17)14(10-11)13-6-4-3-5-7-13/h3-7,10,12H,8-9H2,1-2H3/b11-10-,15-14-. The number of ketones is 1. The number of carbonyl (C=O) groups excluding carboxylic acids is 1. The second-order valence-corrected chi connectivity index (χ2v) is 5.27. The maximum Gasteiger partial charge on any atom is 0.177 e. The van der Waals surface area contributed by atoms with Crippen molar-refractivity contribution in [2.24, 2.45) is 5.92 Å². The highest BCUT2D eigenvalue weighted by molar-refractivity contribution is 6.46. The van der Waals surface area contributed by atoms with Crippen LogP contribution in [0.3, 0.4) is 0 Å². The number of benzene rings is 1. The third-order valence-electron chi connectivity index (χ3n) is 3.35. The SMILES string of the molecule is C/C1=C/C(c2ccccc2)=C(/Cl)C(=O)C(C)CC1. The molecule has 1 aromatic carbocycles. The van der Waals surface area contributed by atoms with E-state index in [1.165, 1.54) is 5.57 Å². The van der Waals surface area contributed by atoms with Gasteiger partial charge >= 0.3 is 0 Å². The summed E-state index contributed by atoms with van der Waals surface area (Å²) in [5, 5.41) is 0.368. The lowest BCUT2D eigenvalue weighted by Crippen LogP contribution is -2.14. The lowest BCUT2D eigenvalue weighted by Gasteiger charge is -2.16. The highest BCUT2D eigenvalue weighted by Gasteiger charge is 2.21. The van der Waals surface area contributed by atoms with Crippen molar-refractivity contribution in [3.8, 4) is 0 Å². The molecule has 0 radical (unpaired) electrons. The van der Waals surface area contributed by atoms with E-state index in [0.717, 1.165) is 24.0 Å². The number of Topliss-reactive ketones (excluding diaryl/α,β-unsaturated/α-hetero) is 1. The van der Waals surface area contributed by atoms with Crippen LogP contribution in [0.25, 0.3) is 5.57 Å². The Kier molecular flexibility index (Phi) is 4.03. The van der Waals surface area contributed by atoms with E-state index < -0.39 is 0 Å². The maximum absolute atomic E-state index is 12.2. The summed E-state index contributed by atoms with van der Waals surface area (Å²) in [5.74, 6) is 0.0548. The molecule has 94 valence electrons. The Bertz CT molecular complexity index is 511. The van der Waals surface area contributed by atoms with E-state index in [-0.39, 0.29) is 11.7 Å². The van der Waals surface area contributed by atoms with Gasteiger partial charge in [0.1, 0.15) is 0 Å². The first-order valence-corrected chi connectivity index (χ1v) is 6.64. The van der Waals surface area contributed by atoms with Gasteiger partial charge < -0.3 is 0 Å². The number of carbonyl (C=O) groups is 1. The normalized spacial score (nSPS) is 28.3. The van der Waals surface area contributed by atoms with Gasteiger partial charge in [-0.1, -0.05) is 60.5 Å². The minimum atomic E-state index is -0.000128. The van der Waals surface area contributed by atoms with E-state index in [2.05, 4.69) is 6.92 Å². The first-order valence-electron chi connectivity index (χ1n) is 6.26. The van der Waals surface area contributed by atoms with Crippen LogP contribution in [0.15, 0.2) is 47.0 Å². The summed E-state index contributed by atoms with van der Waals surface area (Å²) in [6.45, 7) is 4.04. The molecule has 0 fully saturated rings. The molecule has 0 bridgehead atoms. The number of hydrogen-bond acceptors (Lipinski definition) is 1. The summed E-state index contributed by atoms with van der Waals surface area (Å²) in [5.41, 5.74) is 3.13. The molecule has 2 heteroatoms. The van der Waals surface area contributed by atoms with Gasteiger partial charge in [-0.25, -0.2) is 0 Å². The van der Waals surface area contributed by atoms with Gasteiger partial charge in [0, 0.05) is 11.5 Å². The molecule has 2 rings (SSSR count). The molecule has 0 N–H and O–H groups in total. The summed E-state index contributed by atoms with van der Waals surface area (Å²) in [6.07, 6.45) is 3.87. The molecule has 1 nitrogen and oxygen atoms in total. The highest BCUT2D eigenvalue weighted by atomic mass is 35.5. The zero-order chi connectivity index (χ0) is 13.1. The van der Waals surface area contributed by atoms with Crippen LogP contribution in [0.2, 0.25) is 0 Å². The van der Waals surface area contributed by atoms with Crippen molar-refractivity contribution in [2.75, 3.05) is 0 Å². The van der Waals surface area contributed by atoms with Crippen molar-refractivity contribution in [2.45, 2.75) is 26.7 Å². The number of hydrogen-bond donors (Lipinski definition) is 0. The van der Waals surface area contributed by atoms with Crippen molar-refractivity contribution in [1.82, 2.24) is 0 Å². The highest BCUT2D eigenvalue weighted by Crippen LogP contribution is 2.31. The molecule has 1 aliphatic rings. The fourth-order valence-electron chi connectivity index (χ4n) is 2.13. The zero-order valence-corrected chi connectivity index (χ0v) is 11.5. The minimum Gasteiger partial charge on any atom is -0.293 e. The average molecular weight is 261 g/mol. The lowest BCUT2D eigenvalue weighted by atomic mass is 9.90. The van der Waals surface area contributed by atoms with E-state index in [0.29, 0.717) is 5.03 Å². The Hall–Kier alpha value is -1.34. The van der Waals surface area contributed by atoms with Gasteiger partial charge in [0.25, 0.3) is 0 Å². The predicted octanol–water partition coefficient (Wildman–Crippen LogP) is 4.58. The minimum absolute atomic E-state index is 0.000128. The summed E-state index contributed by atoms with van der Waals surface area (Å²) >= 11 is 6.29. The molecule has 18 heavy (non-hydrogen) atoms. The molecule has 1 aromatic rings. The van der Waals surface area contributed by atoms with Crippen molar-refractivity contribution >= 4 is 23.0 Å². The Morgan fingerprint density at radius 1 is 1.22 bits per heavy atom. The largest absolute Gasteiger partial charge is 0.293 e. The van der Waals surface area contributed by atoms with Gasteiger partial charge in [-0.2, -0.15) is 0 Å². The van der Waals surface area contributed by atoms with Crippen molar-refractivity contribution < 1.29 is 4.79 Å². The third kappa shape index (κ3) is 2.73. The van der Waals surface area contributed by atoms with E-state index >= 15 is 0 Å². The Morgan fingerprint density at radius 2 is 1.89 bits per heavy atom. The van der Waals surface area contributed by atoms with Crippen LogP contribution >= 0.6 is 11.6 Å². The van der Waals surface area contributed by atoms with Crippen LogP contribution < -0.4 is 0 Å². The fourth-order valence-corrected chi connectivity index (χ4v) is 2.48. The van der Waals surface area contributed by atoms with Crippen molar-refractivity contribution in [1.29, 1.82) is 0 Å². The summed E-state index contributed by atoms with van der Waals surface area (Å²) in [6, 6.07) is 9.86. The van der Waals surface area contributed by atoms with E-state index in [4.69, 9.17) is 11.6 Å². The fraction of sp³-hybridized carbons (Fsp3) is 0.312.